The molecule has 4 aromatic rings. The SMILES string of the molecule is COCC(=O)Nc1ccc(N2C(=S)N[C@@H](c3ccccn3)[C@H]2c2cccn2-c2ccc(N(C)C)cc2)cc1. The maximum atomic E-state index is 12.0. The molecule has 38 heavy (non-hydrogen) atoms. The number of nitrogens with zero attached hydrogens (tertiary/aromatic N) is 4. The number of amides is 1. The van der Waals surface area contributed by atoms with Crippen molar-refractivity contribution in [2.75, 3.05) is 42.9 Å². The van der Waals surface area contributed by atoms with E-state index in [1.807, 2.05) is 56.6 Å². The molecular weight excluding hydrogens is 496 g/mol. The van der Waals surface area contributed by atoms with Crippen molar-refractivity contribution in [1.29, 1.82) is 0 Å². The molecule has 1 amide bonds. The van der Waals surface area contributed by atoms with Gasteiger partial charge in [-0.1, -0.05) is 6.07 Å². The number of pyridine rings is 1. The molecule has 2 N–H and O–H groups in total. The Morgan fingerprint density at radius 2 is 1.76 bits per heavy atom. The fourth-order valence-corrected chi connectivity index (χ4v) is 5.09. The van der Waals surface area contributed by atoms with Gasteiger partial charge in [-0.15, -0.1) is 0 Å². The number of thiocarbonyl (C=S) groups is 1. The third-order valence-electron chi connectivity index (χ3n) is 6.53. The first-order valence-corrected chi connectivity index (χ1v) is 12.7. The summed E-state index contributed by atoms with van der Waals surface area (Å²) in [5.74, 6) is -0.204. The molecule has 8 nitrogen and oxygen atoms in total. The van der Waals surface area contributed by atoms with Crippen molar-refractivity contribution in [3.63, 3.8) is 0 Å². The summed E-state index contributed by atoms with van der Waals surface area (Å²) in [5, 5.41) is 6.96. The van der Waals surface area contributed by atoms with Crippen LogP contribution in [0.2, 0.25) is 0 Å². The molecule has 1 aliphatic rings. The lowest BCUT2D eigenvalue weighted by atomic mass is 10.0. The lowest BCUT2D eigenvalue weighted by molar-refractivity contribution is -0.119. The molecule has 1 fully saturated rings. The van der Waals surface area contributed by atoms with Crippen LogP contribution in [0.4, 0.5) is 17.1 Å². The smallest absolute Gasteiger partial charge is 0.250 e. The zero-order chi connectivity index (χ0) is 26.6. The van der Waals surface area contributed by atoms with Crippen LogP contribution in [0.5, 0.6) is 0 Å². The average Bonchev–Trinajstić information content (AvgIpc) is 3.54. The number of nitrogens with one attached hydrogen (secondary N) is 2. The Hall–Kier alpha value is -4.21. The summed E-state index contributed by atoms with van der Waals surface area (Å²) in [4.78, 5) is 20.8. The van der Waals surface area contributed by atoms with Crippen LogP contribution < -0.4 is 20.4 Å². The van der Waals surface area contributed by atoms with Gasteiger partial charge in [0.25, 0.3) is 0 Å². The van der Waals surface area contributed by atoms with Crippen molar-refractivity contribution >= 4 is 40.3 Å². The number of aromatic nitrogens is 2. The largest absolute Gasteiger partial charge is 0.378 e. The van der Waals surface area contributed by atoms with Crippen LogP contribution in [0.15, 0.2) is 91.3 Å². The van der Waals surface area contributed by atoms with Crippen molar-refractivity contribution in [2.24, 2.45) is 0 Å². The number of methoxy groups -OCH3 is 1. The summed E-state index contributed by atoms with van der Waals surface area (Å²) < 4.78 is 7.11. The Bertz CT molecular complexity index is 1400. The fourth-order valence-electron chi connectivity index (χ4n) is 4.75. The van der Waals surface area contributed by atoms with E-state index < -0.39 is 0 Å². The zero-order valence-electron chi connectivity index (χ0n) is 21.5. The van der Waals surface area contributed by atoms with E-state index in [1.54, 1.807) is 6.20 Å². The van der Waals surface area contributed by atoms with Gasteiger partial charge in [0.1, 0.15) is 12.6 Å². The molecule has 0 bridgehead atoms. The van der Waals surface area contributed by atoms with Crippen LogP contribution in [0.25, 0.3) is 5.69 Å². The van der Waals surface area contributed by atoms with Crippen LogP contribution in [-0.2, 0) is 9.53 Å². The molecule has 0 saturated carbocycles. The first-order valence-electron chi connectivity index (χ1n) is 12.3. The number of hydrogen-bond donors (Lipinski definition) is 2. The van der Waals surface area contributed by atoms with Crippen molar-refractivity contribution in [1.82, 2.24) is 14.9 Å². The summed E-state index contributed by atoms with van der Waals surface area (Å²) in [6, 6.07) is 25.9. The first-order chi connectivity index (χ1) is 18.5. The second-order valence-corrected chi connectivity index (χ2v) is 9.63. The third-order valence-corrected chi connectivity index (χ3v) is 6.84. The maximum Gasteiger partial charge on any atom is 0.250 e. The average molecular weight is 527 g/mol. The lowest BCUT2D eigenvalue weighted by Gasteiger charge is -2.29. The highest BCUT2D eigenvalue weighted by atomic mass is 32.1. The number of carbonyl (C=O) groups excluding carboxylic acids is 1. The zero-order valence-corrected chi connectivity index (χ0v) is 22.4. The molecule has 194 valence electrons. The molecule has 1 saturated heterocycles. The molecule has 0 spiro atoms. The van der Waals surface area contributed by atoms with E-state index in [9.17, 15) is 4.79 Å². The Morgan fingerprint density at radius 1 is 1.03 bits per heavy atom. The molecule has 5 rings (SSSR count). The predicted octanol–water partition coefficient (Wildman–Crippen LogP) is 4.70. The lowest BCUT2D eigenvalue weighted by Crippen LogP contribution is -2.30. The van der Waals surface area contributed by atoms with Gasteiger partial charge in [-0.2, -0.15) is 0 Å². The molecule has 2 aromatic carbocycles. The number of hydrogen-bond acceptors (Lipinski definition) is 5. The van der Waals surface area contributed by atoms with Crippen LogP contribution in [-0.4, -0.2) is 48.4 Å². The highest BCUT2D eigenvalue weighted by molar-refractivity contribution is 7.80. The summed E-state index contributed by atoms with van der Waals surface area (Å²) in [7, 11) is 5.56. The van der Waals surface area contributed by atoms with Crippen molar-refractivity contribution in [2.45, 2.75) is 12.1 Å². The predicted molar refractivity (Wildman–Crippen MR) is 155 cm³/mol. The van der Waals surface area contributed by atoms with E-state index in [-0.39, 0.29) is 24.6 Å². The first kappa shape index (κ1) is 25.4. The number of benzene rings is 2. The molecule has 0 aliphatic carbocycles. The van der Waals surface area contributed by atoms with Crippen LogP contribution in [0.3, 0.4) is 0 Å². The summed E-state index contributed by atoms with van der Waals surface area (Å²) in [6.45, 7) is 0.00221. The van der Waals surface area contributed by atoms with Crippen molar-refractivity contribution in [3.8, 4) is 5.69 Å². The second-order valence-electron chi connectivity index (χ2n) is 9.24. The second kappa shape index (κ2) is 11.0. The van der Waals surface area contributed by atoms with E-state index in [0.717, 1.165) is 28.5 Å². The molecule has 9 heteroatoms. The molecule has 2 aromatic heterocycles. The van der Waals surface area contributed by atoms with E-state index in [4.69, 9.17) is 17.0 Å². The fraction of sp³-hybridized carbons (Fsp3) is 0.207. The molecule has 0 unspecified atom stereocenters. The molecule has 3 heterocycles. The molecule has 2 atom stereocenters. The van der Waals surface area contributed by atoms with Gasteiger partial charge in [-0.3, -0.25) is 9.78 Å². The minimum Gasteiger partial charge on any atom is -0.378 e. The van der Waals surface area contributed by atoms with E-state index in [0.29, 0.717) is 10.8 Å². The van der Waals surface area contributed by atoms with Crippen LogP contribution >= 0.6 is 12.2 Å². The molecule has 1 aliphatic heterocycles. The normalized spacial score (nSPS) is 16.8. The van der Waals surface area contributed by atoms with Gasteiger partial charge in [0.15, 0.2) is 5.11 Å². The number of anilines is 3. The Morgan fingerprint density at radius 3 is 2.42 bits per heavy atom. The van der Waals surface area contributed by atoms with Gasteiger partial charge in [-0.25, -0.2) is 0 Å². The Kier molecular flexibility index (Phi) is 7.39. The highest BCUT2D eigenvalue weighted by Crippen LogP contribution is 2.42. The maximum absolute atomic E-state index is 12.0. The topological polar surface area (TPSA) is 74.7 Å². The number of ether oxygens (including phenoxy) is 1. The quantitative estimate of drug-likeness (QED) is 0.323. The van der Waals surface area contributed by atoms with Crippen LogP contribution in [0.1, 0.15) is 23.5 Å². The van der Waals surface area contributed by atoms with Gasteiger partial charge in [0, 0.05) is 62.0 Å². The summed E-state index contributed by atoms with van der Waals surface area (Å²) in [5.41, 5.74) is 5.77. The van der Waals surface area contributed by atoms with Gasteiger partial charge in [-0.05, 0) is 85.0 Å². The number of carbonyl (C=O) groups is 1. The Balaban J connectivity index is 1.54. The van der Waals surface area contributed by atoms with E-state index in [1.165, 1.54) is 7.11 Å². The minimum absolute atomic E-state index is 0.00221. The summed E-state index contributed by atoms with van der Waals surface area (Å²) >= 11 is 5.88. The minimum atomic E-state index is -0.204. The van der Waals surface area contributed by atoms with E-state index in [2.05, 4.69) is 72.6 Å². The van der Waals surface area contributed by atoms with Gasteiger partial charge in [0.2, 0.25) is 5.91 Å². The molecular formula is C29H30N6O2S. The summed E-state index contributed by atoms with van der Waals surface area (Å²) in [6.07, 6.45) is 3.87. The monoisotopic (exact) mass is 526 g/mol. The van der Waals surface area contributed by atoms with Gasteiger partial charge in [0.05, 0.1) is 11.7 Å². The van der Waals surface area contributed by atoms with Crippen molar-refractivity contribution < 1.29 is 9.53 Å². The standard InChI is InChI=1S/C29H30N6O2S/c1-33(2)21-13-15-22(16-14-21)34-18-6-8-25(34)28-27(24-7-4-5-17-30-24)32-29(38)35(28)23-11-9-20(10-12-23)31-26(36)19-37-3/h4-18,27-28H,19H2,1-3H3,(H,31,36)(H,32,38)/t27-,28+/m0/s1. The highest BCUT2D eigenvalue weighted by Gasteiger charge is 2.42. The molecule has 0 radical (unpaired) electrons. The van der Waals surface area contributed by atoms with Crippen LogP contribution in [0, 0.1) is 0 Å². The third kappa shape index (κ3) is 5.11. The Labute approximate surface area is 227 Å². The number of rotatable bonds is 8. The van der Waals surface area contributed by atoms with Gasteiger partial charge < -0.3 is 29.7 Å². The van der Waals surface area contributed by atoms with E-state index >= 15 is 0 Å². The van der Waals surface area contributed by atoms with Gasteiger partial charge >= 0.3 is 0 Å². The van der Waals surface area contributed by atoms with Crippen molar-refractivity contribution in [3.05, 3.63) is 103 Å².